The van der Waals surface area contributed by atoms with Gasteiger partial charge in [0.1, 0.15) is 0 Å². The number of aromatic amines is 1. The summed E-state index contributed by atoms with van der Waals surface area (Å²) in [5.74, 6) is 0.167. The molecule has 2 aliphatic rings. The zero-order chi connectivity index (χ0) is 21.1. The van der Waals surface area contributed by atoms with Crippen molar-refractivity contribution in [1.29, 1.82) is 0 Å². The molecule has 2 amide bonds. The summed E-state index contributed by atoms with van der Waals surface area (Å²) in [6, 6.07) is 8.21. The number of para-hydroxylation sites is 1. The first kappa shape index (κ1) is 20.9. The van der Waals surface area contributed by atoms with Gasteiger partial charge in [-0.3, -0.25) is 14.5 Å². The van der Waals surface area contributed by atoms with Gasteiger partial charge in [0, 0.05) is 62.8 Å². The van der Waals surface area contributed by atoms with Gasteiger partial charge in [0.15, 0.2) is 0 Å². The third-order valence-electron chi connectivity index (χ3n) is 6.48. The van der Waals surface area contributed by atoms with Gasteiger partial charge in [0.25, 0.3) is 0 Å². The Hall–Kier alpha value is -2.38. The Morgan fingerprint density at radius 3 is 2.77 bits per heavy atom. The molecule has 1 atom stereocenters. The van der Waals surface area contributed by atoms with Gasteiger partial charge >= 0.3 is 0 Å². The minimum Gasteiger partial charge on any atom is -0.379 e. The molecule has 1 aromatic heterocycles. The molecule has 0 spiro atoms. The van der Waals surface area contributed by atoms with Gasteiger partial charge < -0.3 is 19.5 Å². The molecule has 2 fully saturated rings. The molecule has 30 heavy (non-hydrogen) atoms. The fourth-order valence-electron chi connectivity index (χ4n) is 4.54. The maximum atomic E-state index is 13.1. The summed E-state index contributed by atoms with van der Waals surface area (Å²) < 4.78 is 5.39. The van der Waals surface area contributed by atoms with Crippen molar-refractivity contribution >= 4 is 22.7 Å². The number of aromatic nitrogens is 1. The van der Waals surface area contributed by atoms with Crippen molar-refractivity contribution in [1.82, 2.24) is 19.7 Å². The SMILES string of the molecule is Cc1c(CN(C)C(=O)C2CCC(=O)N(CCN3CCOCC3)C2)[nH]c2ccccc12. The maximum absolute atomic E-state index is 13.1. The lowest BCUT2D eigenvalue weighted by Gasteiger charge is -2.35. The molecule has 2 saturated heterocycles. The Labute approximate surface area is 178 Å². The van der Waals surface area contributed by atoms with Crippen molar-refractivity contribution in [2.45, 2.75) is 26.3 Å². The molecule has 3 heterocycles. The predicted molar refractivity (Wildman–Crippen MR) is 116 cm³/mol. The third-order valence-corrected chi connectivity index (χ3v) is 6.48. The fourth-order valence-corrected chi connectivity index (χ4v) is 4.54. The topological polar surface area (TPSA) is 68.9 Å². The Kier molecular flexibility index (Phi) is 6.39. The van der Waals surface area contributed by atoms with Crippen LogP contribution in [0.3, 0.4) is 0 Å². The normalized spacial score (nSPS) is 20.7. The molecule has 7 nitrogen and oxygen atoms in total. The average molecular weight is 413 g/mol. The van der Waals surface area contributed by atoms with Crippen LogP contribution in [-0.4, -0.2) is 84.5 Å². The smallest absolute Gasteiger partial charge is 0.227 e. The molecular weight excluding hydrogens is 380 g/mol. The zero-order valence-corrected chi connectivity index (χ0v) is 18.0. The summed E-state index contributed by atoms with van der Waals surface area (Å²) in [6.45, 7) is 8.05. The highest BCUT2D eigenvalue weighted by molar-refractivity contribution is 5.85. The monoisotopic (exact) mass is 412 g/mol. The number of aryl methyl sites for hydroxylation is 1. The fraction of sp³-hybridized carbons (Fsp3) is 0.565. The number of carbonyl (C=O) groups is 2. The van der Waals surface area contributed by atoms with Crippen LogP contribution in [-0.2, 0) is 20.9 Å². The van der Waals surface area contributed by atoms with E-state index in [1.165, 1.54) is 10.9 Å². The van der Waals surface area contributed by atoms with Gasteiger partial charge in [0.2, 0.25) is 11.8 Å². The van der Waals surface area contributed by atoms with Gasteiger partial charge in [-0.1, -0.05) is 18.2 Å². The molecule has 0 bridgehead atoms. The van der Waals surface area contributed by atoms with Crippen LogP contribution in [0, 0.1) is 12.8 Å². The number of morpholine rings is 1. The molecule has 0 aliphatic carbocycles. The van der Waals surface area contributed by atoms with Crippen LogP contribution in [0.4, 0.5) is 0 Å². The third kappa shape index (κ3) is 4.52. The second-order valence-corrected chi connectivity index (χ2v) is 8.50. The largest absolute Gasteiger partial charge is 0.379 e. The highest BCUT2D eigenvalue weighted by Crippen LogP contribution is 2.24. The zero-order valence-electron chi connectivity index (χ0n) is 18.0. The lowest BCUT2D eigenvalue weighted by atomic mass is 9.96. The lowest BCUT2D eigenvalue weighted by Crippen LogP contribution is -2.49. The summed E-state index contributed by atoms with van der Waals surface area (Å²) in [5.41, 5.74) is 3.36. The van der Waals surface area contributed by atoms with Crippen molar-refractivity contribution in [3.63, 3.8) is 0 Å². The maximum Gasteiger partial charge on any atom is 0.227 e. The van der Waals surface area contributed by atoms with E-state index in [2.05, 4.69) is 28.9 Å². The van der Waals surface area contributed by atoms with Crippen LogP contribution in [0.25, 0.3) is 10.9 Å². The predicted octanol–water partition coefficient (Wildman–Crippen LogP) is 2.01. The van der Waals surface area contributed by atoms with Crippen molar-refractivity contribution in [2.24, 2.45) is 5.92 Å². The number of rotatable bonds is 6. The van der Waals surface area contributed by atoms with Gasteiger partial charge in [0.05, 0.1) is 25.7 Å². The van der Waals surface area contributed by atoms with Gasteiger partial charge in [-0.25, -0.2) is 0 Å². The number of carbonyl (C=O) groups excluding carboxylic acids is 2. The molecule has 7 heteroatoms. The van der Waals surface area contributed by atoms with E-state index in [1.807, 2.05) is 24.1 Å². The molecule has 1 unspecified atom stereocenters. The number of ether oxygens (including phenoxy) is 1. The molecule has 1 aromatic carbocycles. The van der Waals surface area contributed by atoms with Crippen LogP contribution < -0.4 is 0 Å². The number of nitrogens with zero attached hydrogens (tertiary/aromatic N) is 3. The van der Waals surface area contributed by atoms with E-state index in [0.29, 0.717) is 32.5 Å². The second-order valence-electron chi connectivity index (χ2n) is 8.50. The number of nitrogens with one attached hydrogen (secondary N) is 1. The van der Waals surface area contributed by atoms with E-state index in [1.54, 1.807) is 4.90 Å². The Bertz CT molecular complexity index is 903. The Morgan fingerprint density at radius 2 is 2.00 bits per heavy atom. The van der Waals surface area contributed by atoms with E-state index in [-0.39, 0.29) is 17.7 Å². The summed E-state index contributed by atoms with van der Waals surface area (Å²) in [5, 5.41) is 1.20. The number of fused-ring (bicyclic) bond motifs is 1. The summed E-state index contributed by atoms with van der Waals surface area (Å²) >= 11 is 0. The van der Waals surface area contributed by atoms with E-state index in [0.717, 1.165) is 44.1 Å². The van der Waals surface area contributed by atoms with Crippen molar-refractivity contribution < 1.29 is 14.3 Å². The lowest BCUT2D eigenvalue weighted by molar-refractivity contribution is -0.142. The standard InChI is InChI=1S/C23H32N4O3/c1-17-19-5-3-4-6-20(19)24-21(17)16-25(2)23(29)18-7-8-22(28)27(15-18)10-9-26-11-13-30-14-12-26/h3-6,18,24H,7-16H2,1-2H3. The number of hydrogen-bond donors (Lipinski definition) is 1. The van der Waals surface area contributed by atoms with Crippen LogP contribution in [0.2, 0.25) is 0 Å². The van der Waals surface area contributed by atoms with Crippen LogP contribution in [0.15, 0.2) is 24.3 Å². The Morgan fingerprint density at radius 1 is 1.23 bits per heavy atom. The number of H-pyrrole nitrogens is 1. The minimum absolute atomic E-state index is 0.122. The first-order chi connectivity index (χ1) is 14.5. The molecule has 1 N–H and O–H groups in total. The van der Waals surface area contributed by atoms with Gasteiger partial charge in [-0.15, -0.1) is 0 Å². The van der Waals surface area contributed by atoms with E-state index in [4.69, 9.17) is 4.74 Å². The number of piperidine rings is 1. The highest BCUT2D eigenvalue weighted by atomic mass is 16.5. The number of amides is 2. The molecule has 0 radical (unpaired) electrons. The molecule has 2 aromatic rings. The van der Waals surface area contributed by atoms with E-state index in [9.17, 15) is 9.59 Å². The summed E-state index contributed by atoms with van der Waals surface area (Å²) in [4.78, 5) is 35.0. The first-order valence-corrected chi connectivity index (χ1v) is 10.9. The van der Waals surface area contributed by atoms with Crippen LogP contribution >= 0.6 is 0 Å². The first-order valence-electron chi connectivity index (χ1n) is 10.9. The number of likely N-dealkylation sites (tertiary alicyclic amines) is 1. The van der Waals surface area contributed by atoms with Crippen molar-refractivity contribution in [2.75, 3.05) is 53.0 Å². The molecular formula is C23H32N4O3. The molecule has 0 saturated carbocycles. The van der Waals surface area contributed by atoms with Gasteiger partial charge in [-0.05, 0) is 25.0 Å². The number of hydrogen-bond acceptors (Lipinski definition) is 4. The quantitative estimate of drug-likeness (QED) is 0.788. The van der Waals surface area contributed by atoms with Crippen molar-refractivity contribution in [3.8, 4) is 0 Å². The average Bonchev–Trinajstić information content (AvgIpc) is 3.09. The molecule has 162 valence electrons. The highest BCUT2D eigenvalue weighted by Gasteiger charge is 2.32. The number of benzene rings is 1. The van der Waals surface area contributed by atoms with E-state index < -0.39 is 0 Å². The summed E-state index contributed by atoms with van der Waals surface area (Å²) in [7, 11) is 1.86. The van der Waals surface area contributed by atoms with Crippen molar-refractivity contribution in [3.05, 3.63) is 35.5 Å². The van der Waals surface area contributed by atoms with Crippen LogP contribution in [0.5, 0.6) is 0 Å². The van der Waals surface area contributed by atoms with Crippen LogP contribution in [0.1, 0.15) is 24.1 Å². The van der Waals surface area contributed by atoms with Gasteiger partial charge in [-0.2, -0.15) is 0 Å². The second kappa shape index (κ2) is 9.18. The Balaban J connectivity index is 1.35. The van der Waals surface area contributed by atoms with E-state index >= 15 is 0 Å². The summed E-state index contributed by atoms with van der Waals surface area (Å²) in [6.07, 6.45) is 1.10. The molecule has 2 aliphatic heterocycles. The molecule has 4 rings (SSSR count). The minimum atomic E-state index is -0.123.